The van der Waals surface area contributed by atoms with Gasteiger partial charge in [-0.25, -0.2) is 4.98 Å². The minimum atomic E-state index is -0.326. The van der Waals surface area contributed by atoms with Gasteiger partial charge in [-0.05, 0) is 39.8 Å². The molecule has 134 valence electrons. The fraction of sp³-hybridized carbons (Fsp3) is 0.412. The molecule has 2 amide bonds. The predicted octanol–water partition coefficient (Wildman–Crippen LogP) is 2.23. The number of rotatable bonds is 7. The van der Waals surface area contributed by atoms with Crippen LogP contribution in [0.1, 0.15) is 41.2 Å². The van der Waals surface area contributed by atoms with E-state index in [1.165, 1.54) is 11.8 Å². The Kier molecular flexibility index (Phi) is 6.58. The van der Waals surface area contributed by atoms with Gasteiger partial charge in [-0.3, -0.25) is 9.59 Å². The maximum absolute atomic E-state index is 12.4. The maximum atomic E-state index is 12.4. The van der Waals surface area contributed by atoms with Crippen molar-refractivity contribution in [2.45, 2.75) is 44.5 Å². The van der Waals surface area contributed by atoms with E-state index in [2.05, 4.69) is 20.8 Å². The van der Waals surface area contributed by atoms with Crippen molar-refractivity contribution in [2.75, 3.05) is 6.54 Å². The Labute approximate surface area is 151 Å². The van der Waals surface area contributed by atoms with Crippen LogP contribution in [0.25, 0.3) is 0 Å². The quantitative estimate of drug-likeness (QED) is 0.733. The zero-order valence-corrected chi connectivity index (χ0v) is 15.6. The van der Waals surface area contributed by atoms with Crippen molar-refractivity contribution < 1.29 is 14.1 Å². The van der Waals surface area contributed by atoms with Gasteiger partial charge in [0.25, 0.3) is 5.91 Å². The third-order valence-electron chi connectivity index (χ3n) is 3.41. The van der Waals surface area contributed by atoms with Crippen LogP contribution in [0.5, 0.6) is 0 Å². The molecule has 0 radical (unpaired) electrons. The highest BCUT2D eigenvalue weighted by Gasteiger charge is 2.16. The van der Waals surface area contributed by atoms with E-state index in [4.69, 9.17) is 4.52 Å². The number of hydrogen-bond donors (Lipinski definition) is 2. The lowest BCUT2D eigenvalue weighted by Crippen LogP contribution is -2.39. The average Bonchev–Trinajstić information content (AvgIpc) is 2.89. The fourth-order valence-electron chi connectivity index (χ4n) is 2.16. The molecule has 0 unspecified atom stereocenters. The number of thioether (sulfide) groups is 1. The van der Waals surface area contributed by atoms with E-state index in [1.807, 2.05) is 27.7 Å². The summed E-state index contributed by atoms with van der Waals surface area (Å²) >= 11 is 1.43. The van der Waals surface area contributed by atoms with Crippen LogP contribution >= 0.6 is 11.8 Å². The van der Waals surface area contributed by atoms with Gasteiger partial charge in [-0.15, -0.1) is 11.8 Å². The summed E-state index contributed by atoms with van der Waals surface area (Å²) < 4.78 is 5.15. The fourth-order valence-corrected chi connectivity index (χ4v) is 3.30. The second-order valence-corrected chi connectivity index (χ2v) is 6.82. The van der Waals surface area contributed by atoms with E-state index in [1.54, 1.807) is 18.3 Å². The summed E-state index contributed by atoms with van der Waals surface area (Å²) in [5.41, 5.74) is 2.27. The summed E-state index contributed by atoms with van der Waals surface area (Å²) in [6, 6.07) is 3.42. The summed E-state index contributed by atoms with van der Waals surface area (Å²) in [6.45, 7) is 7.40. The molecule has 0 aromatic carbocycles. The van der Waals surface area contributed by atoms with E-state index in [-0.39, 0.29) is 24.4 Å². The van der Waals surface area contributed by atoms with E-state index in [0.29, 0.717) is 16.3 Å². The molecule has 0 saturated carbocycles. The number of carbonyl (C=O) groups is 2. The molecular formula is C17H22N4O3S. The molecule has 2 aromatic heterocycles. The number of nitrogens with zero attached hydrogens (tertiary/aromatic N) is 2. The van der Waals surface area contributed by atoms with Crippen molar-refractivity contribution in [3.63, 3.8) is 0 Å². The van der Waals surface area contributed by atoms with Crippen LogP contribution in [0.4, 0.5) is 0 Å². The summed E-state index contributed by atoms with van der Waals surface area (Å²) in [5.74, 6) is 0.814. The van der Waals surface area contributed by atoms with Gasteiger partial charge < -0.3 is 15.2 Å². The van der Waals surface area contributed by atoms with Crippen molar-refractivity contribution in [3.05, 3.63) is 40.9 Å². The Morgan fingerprint density at radius 1 is 1.32 bits per heavy atom. The lowest BCUT2D eigenvalue weighted by atomic mass is 10.2. The number of pyridine rings is 1. The van der Waals surface area contributed by atoms with Crippen molar-refractivity contribution in [1.82, 2.24) is 20.8 Å². The molecule has 0 aliphatic carbocycles. The van der Waals surface area contributed by atoms with Gasteiger partial charge in [0, 0.05) is 23.6 Å². The van der Waals surface area contributed by atoms with Crippen LogP contribution in [-0.2, 0) is 10.5 Å². The summed E-state index contributed by atoms with van der Waals surface area (Å²) in [7, 11) is 0. The molecule has 2 rings (SSSR count). The van der Waals surface area contributed by atoms with Gasteiger partial charge in [0.2, 0.25) is 5.91 Å². The molecule has 0 aliphatic heterocycles. The third-order valence-corrected chi connectivity index (χ3v) is 4.44. The highest BCUT2D eigenvalue weighted by atomic mass is 32.2. The minimum absolute atomic E-state index is 0.0314. The van der Waals surface area contributed by atoms with Crippen LogP contribution in [-0.4, -0.2) is 34.5 Å². The first-order chi connectivity index (χ1) is 11.9. The smallest absolute Gasteiger partial charge is 0.254 e. The molecule has 8 heteroatoms. The number of aromatic nitrogens is 2. The van der Waals surface area contributed by atoms with Crippen LogP contribution in [0.15, 0.2) is 27.9 Å². The molecule has 0 aliphatic rings. The van der Waals surface area contributed by atoms with Gasteiger partial charge in [0.1, 0.15) is 10.8 Å². The molecule has 7 nitrogen and oxygen atoms in total. The molecular weight excluding hydrogens is 340 g/mol. The Bertz CT molecular complexity index is 739. The maximum Gasteiger partial charge on any atom is 0.254 e. The van der Waals surface area contributed by atoms with Crippen molar-refractivity contribution in [2.24, 2.45) is 0 Å². The topological polar surface area (TPSA) is 97.1 Å². The third kappa shape index (κ3) is 5.32. The van der Waals surface area contributed by atoms with Gasteiger partial charge >= 0.3 is 0 Å². The largest absolute Gasteiger partial charge is 0.361 e. The Morgan fingerprint density at radius 2 is 2.08 bits per heavy atom. The second kappa shape index (κ2) is 8.66. The standard InChI is InChI=1S/C17H22N4O3S/c1-10(2)20-15(22)8-19-16(23)13-6-5-7-18-17(13)25-9-14-11(3)21-24-12(14)4/h5-7,10H,8-9H2,1-4H3,(H,19,23)(H,20,22). The number of aryl methyl sites for hydroxylation is 2. The van der Waals surface area contributed by atoms with Crippen LogP contribution in [0.3, 0.4) is 0 Å². The minimum Gasteiger partial charge on any atom is -0.361 e. The Hall–Kier alpha value is -2.35. The predicted molar refractivity (Wildman–Crippen MR) is 95.4 cm³/mol. The molecule has 0 atom stereocenters. The van der Waals surface area contributed by atoms with E-state index in [0.717, 1.165) is 17.0 Å². The molecule has 2 heterocycles. The highest BCUT2D eigenvalue weighted by Crippen LogP contribution is 2.27. The number of amides is 2. The number of hydrogen-bond acceptors (Lipinski definition) is 6. The van der Waals surface area contributed by atoms with Crippen LogP contribution in [0.2, 0.25) is 0 Å². The molecule has 25 heavy (non-hydrogen) atoms. The van der Waals surface area contributed by atoms with Crippen molar-refractivity contribution in [3.8, 4) is 0 Å². The van der Waals surface area contributed by atoms with Gasteiger partial charge in [-0.2, -0.15) is 0 Å². The lowest BCUT2D eigenvalue weighted by molar-refractivity contribution is -0.120. The zero-order chi connectivity index (χ0) is 18.4. The summed E-state index contributed by atoms with van der Waals surface area (Å²) in [5, 5.41) is 9.88. The number of carbonyl (C=O) groups excluding carboxylic acids is 2. The highest BCUT2D eigenvalue weighted by molar-refractivity contribution is 7.98. The molecule has 0 bridgehead atoms. The van der Waals surface area contributed by atoms with Crippen LogP contribution in [0, 0.1) is 13.8 Å². The number of nitrogens with one attached hydrogen (secondary N) is 2. The summed E-state index contributed by atoms with van der Waals surface area (Å²) in [6.07, 6.45) is 1.64. The lowest BCUT2D eigenvalue weighted by Gasteiger charge is -2.11. The van der Waals surface area contributed by atoms with Gasteiger partial charge in [0.05, 0.1) is 17.8 Å². The van der Waals surface area contributed by atoms with Gasteiger partial charge in [0.15, 0.2) is 0 Å². The van der Waals surface area contributed by atoms with E-state index in [9.17, 15) is 9.59 Å². The molecule has 2 N–H and O–H groups in total. The van der Waals surface area contributed by atoms with Crippen molar-refractivity contribution >= 4 is 23.6 Å². The first-order valence-corrected chi connectivity index (χ1v) is 8.94. The van der Waals surface area contributed by atoms with E-state index >= 15 is 0 Å². The van der Waals surface area contributed by atoms with E-state index < -0.39 is 0 Å². The first kappa shape index (κ1) is 19.0. The molecule has 0 saturated heterocycles. The molecule has 2 aromatic rings. The Morgan fingerprint density at radius 3 is 2.72 bits per heavy atom. The van der Waals surface area contributed by atoms with Crippen molar-refractivity contribution in [1.29, 1.82) is 0 Å². The Balaban J connectivity index is 2.02. The zero-order valence-electron chi connectivity index (χ0n) is 14.8. The first-order valence-electron chi connectivity index (χ1n) is 7.95. The normalized spacial score (nSPS) is 10.8. The second-order valence-electron chi connectivity index (χ2n) is 5.85. The molecule has 0 spiro atoms. The monoisotopic (exact) mass is 362 g/mol. The molecule has 0 fully saturated rings. The van der Waals surface area contributed by atoms with Gasteiger partial charge in [-0.1, -0.05) is 5.16 Å². The summed E-state index contributed by atoms with van der Waals surface area (Å²) in [4.78, 5) is 28.3. The van der Waals surface area contributed by atoms with Crippen LogP contribution < -0.4 is 10.6 Å². The average molecular weight is 362 g/mol. The SMILES string of the molecule is Cc1noc(C)c1CSc1ncccc1C(=O)NCC(=O)NC(C)C.